The van der Waals surface area contributed by atoms with Gasteiger partial charge in [-0.3, -0.25) is 0 Å². The van der Waals surface area contributed by atoms with E-state index in [1.807, 2.05) is 0 Å². The molecule has 0 atom stereocenters. The third kappa shape index (κ3) is 5.96. The molecule has 0 aliphatic heterocycles. The van der Waals surface area contributed by atoms with Gasteiger partial charge in [-0.05, 0) is 42.5 Å². The monoisotopic (exact) mass is 363 g/mol. The molecule has 0 amide bonds. The third-order valence-corrected chi connectivity index (χ3v) is 3.59. The summed E-state index contributed by atoms with van der Waals surface area (Å²) in [7, 11) is 0. The Kier molecular flexibility index (Phi) is 6.58. The minimum absolute atomic E-state index is 0.0798. The minimum Gasteiger partial charge on any atom is -0.544 e. The Bertz CT molecular complexity index is 769. The number of thioether (sulfide) groups is 1. The quantitative estimate of drug-likeness (QED) is 0.387. The van der Waals surface area contributed by atoms with Gasteiger partial charge in [0.15, 0.2) is 6.61 Å². The van der Waals surface area contributed by atoms with Gasteiger partial charge in [0.25, 0.3) is 5.22 Å². The molecule has 9 heteroatoms. The molecule has 1 heterocycles. The van der Waals surface area contributed by atoms with E-state index in [0.29, 0.717) is 17.2 Å². The van der Waals surface area contributed by atoms with Crippen LogP contribution < -0.4 is 9.84 Å². The van der Waals surface area contributed by atoms with Gasteiger partial charge in [-0.15, -0.1) is 10.2 Å². The van der Waals surface area contributed by atoms with E-state index in [1.165, 1.54) is 6.08 Å². The molecule has 1 aromatic carbocycles. The maximum atomic E-state index is 11.3. The SMILES string of the molecule is CCOC(=O)COc1ccc(/C=C(\Sc2nnc(C)o2)C(=O)[O-])cc1. The summed E-state index contributed by atoms with van der Waals surface area (Å²) >= 11 is 0.803. The molecule has 8 nitrogen and oxygen atoms in total. The van der Waals surface area contributed by atoms with Gasteiger partial charge in [-0.1, -0.05) is 12.1 Å². The van der Waals surface area contributed by atoms with Crippen LogP contribution in [0.2, 0.25) is 0 Å². The number of carbonyl (C=O) groups is 2. The smallest absolute Gasteiger partial charge is 0.344 e. The molecule has 0 fully saturated rings. The van der Waals surface area contributed by atoms with Gasteiger partial charge in [0.05, 0.1) is 12.6 Å². The molecule has 132 valence electrons. The number of nitrogens with zero attached hydrogens (tertiary/aromatic N) is 2. The standard InChI is InChI=1S/C16H16N2O6S/c1-3-22-14(19)9-23-12-6-4-11(5-7-12)8-13(15(20)21)25-16-18-17-10(2)24-16/h4-8H,3,9H2,1-2H3,(H,20,21)/p-1/b13-8-. The number of hydrogen-bond acceptors (Lipinski definition) is 9. The summed E-state index contributed by atoms with van der Waals surface area (Å²) in [5.74, 6) is -1.02. The van der Waals surface area contributed by atoms with Crippen LogP contribution in [0.1, 0.15) is 18.4 Å². The normalized spacial score (nSPS) is 11.2. The number of ether oxygens (including phenoxy) is 2. The molecule has 0 aliphatic carbocycles. The van der Waals surface area contributed by atoms with Crippen molar-refractivity contribution in [2.45, 2.75) is 19.1 Å². The number of aliphatic carboxylic acids is 1. The zero-order valence-corrected chi connectivity index (χ0v) is 14.4. The molecular weight excluding hydrogens is 348 g/mol. The van der Waals surface area contributed by atoms with Crippen molar-refractivity contribution in [1.82, 2.24) is 10.2 Å². The lowest BCUT2D eigenvalue weighted by Gasteiger charge is -2.07. The van der Waals surface area contributed by atoms with E-state index in [-0.39, 0.29) is 23.3 Å². The van der Waals surface area contributed by atoms with Crippen molar-refractivity contribution in [1.29, 1.82) is 0 Å². The molecular formula is C16H15N2O6S-. The van der Waals surface area contributed by atoms with Crippen LogP contribution in [0.5, 0.6) is 5.75 Å². The van der Waals surface area contributed by atoms with Crippen LogP contribution >= 0.6 is 11.8 Å². The predicted molar refractivity (Wildman–Crippen MR) is 86.4 cm³/mol. The Labute approximate surface area is 147 Å². The first kappa shape index (κ1) is 18.5. The zero-order chi connectivity index (χ0) is 18.2. The highest BCUT2D eigenvalue weighted by Gasteiger charge is 2.09. The highest BCUT2D eigenvalue weighted by Crippen LogP contribution is 2.27. The molecule has 2 rings (SSSR count). The van der Waals surface area contributed by atoms with Gasteiger partial charge in [-0.2, -0.15) is 0 Å². The molecule has 1 aromatic heterocycles. The summed E-state index contributed by atoms with van der Waals surface area (Å²) in [6.07, 6.45) is 1.41. The fraction of sp³-hybridized carbons (Fsp3) is 0.250. The zero-order valence-electron chi connectivity index (χ0n) is 13.6. The molecule has 0 N–H and O–H groups in total. The lowest BCUT2D eigenvalue weighted by atomic mass is 10.2. The van der Waals surface area contributed by atoms with Gasteiger partial charge in [0, 0.05) is 11.8 Å². The van der Waals surface area contributed by atoms with Gasteiger partial charge in [0.2, 0.25) is 5.89 Å². The Balaban J connectivity index is 2.04. The fourth-order valence-corrected chi connectivity index (χ4v) is 2.41. The average Bonchev–Trinajstić information content (AvgIpc) is 2.99. The average molecular weight is 363 g/mol. The van der Waals surface area contributed by atoms with Crippen LogP contribution in [-0.4, -0.2) is 35.3 Å². The van der Waals surface area contributed by atoms with Crippen LogP contribution in [0.4, 0.5) is 0 Å². The number of hydrogen-bond donors (Lipinski definition) is 0. The largest absolute Gasteiger partial charge is 0.544 e. The van der Waals surface area contributed by atoms with Crippen molar-refractivity contribution in [3.63, 3.8) is 0 Å². The first-order chi connectivity index (χ1) is 12.0. The number of carbonyl (C=O) groups excluding carboxylic acids is 2. The Morgan fingerprint density at radius 3 is 2.56 bits per heavy atom. The molecule has 0 bridgehead atoms. The maximum Gasteiger partial charge on any atom is 0.344 e. The summed E-state index contributed by atoms with van der Waals surface area (Å²) in [6, 6.07) is 6.51. The van der Waals surface area contributed by atoms with E-state index in [0.717, 1.165) is 11.8 Å². The van der Waals surface area contributed by atoms with Crippen molar-refractivity contribution in [2.75, 3.05) is 13.2 Å². The van der Waals surface area contributed by atoms with Crippen molar-refractivity contribution < 1.29 is 28.6 Å². The van der Waals surface area contributed by atoms with Crippen molar-refractivity contribution in [2.24, 2.45) is 0 Å². The van der Waals surface area contributed by atoms with Gasteiger partial charge in [-0.25, -0.2) is 4.79 Å². The van der Waals surface area contributed by atoms with Crippen LogP contribution in [0, 0.1) is 6.92 Å². The molecule has 0 saturated carbocycles. The van der Waals surface area contributed by atoms with E-state index in [4.69, 9.17) is 13.9 Å². The molecule has 0 aliphatic rings. The number of carboxylic acids is 1. The second kappa shape index (κ2) is 8.88. The Morgan fingerprint density at radius 1 is 1.28 bits per heavy atom. The fourth-order valence-electron chi connectivity index (χ4n) is 1.70. The summed E-state index contributed by atoms with van der Waals surface area (Å²) < 4.78 is 15.2. The van der Waals surface area contributed by atoms with E-state index in [2.05, 4.69) is 10.2 Å². The first-order valence-corrected chi connectivity index (χ1v) is 8.09. The van der Waals surface area contributed by atoms with E-state index in [1.54, 1.807) is 38.1 Å². The van der Waals surface area contributed by atoms with Crippen LogP contribution in [0.15, 0.2) is 38.8 Å². The van der Waals surface area contributed by atoms with Crippen LogP contribution in [0.25, 0.3) is 6.08 Å². The lowest BCUT2D eigenvalue weighted by molar-refractivity contribution is -0.298. The van der Waals surface area contributed by atoms with Crippen molar-refractivity contribution >= 4 is 29.8 Å². The number of aromatic nitrogens is 2. The molecule has 25 heavy (non-hydrogen) atoms. The first-order valence-electron chi connectivity index (χ1n) is 7.27. The number of aryl methyl sites for hydroxylation is 1. The highest BCUT2D eigenvalue weighted by molar-refractivity contribution is 8.03. The number of benzene rings is 1. The second-order valence-electron chi connectivity index (χ2n) is 4.65. The molecule has 0 spiro atoms. The van der Waals surface area contributed by atoms with Gasteiger partial charge >= 0.3 is 5.97 Å². The molecule has 0 unspecified atom stereocenters. The summed E-state index contributed by atoms with van der Waals surface area (Å²) in [6.45, 7) is 3.41. The summed E-state index contributed by atoms with van der Waals surface area (Å²) in [4.78, 5) is 22.4. The van der Waals surface area contributed by atoms with Crippen molar-refractivity contribution in [3.8, 4) is 5.75 Å². The lowest BCUT2D eigenvalue weighted by Crippen LogP contribution is -2.23. The van der Waals surface area contributed by atoms with Crippen LogP contribution in [-0.2, 0) is 14.3 Å². The van der Waals surface area contributed by atoms with Crippen LogP contribution in [0.3, 0.4) is 0 Å². The van der Waals surface area contributed by atoms with Gasteiger partial charge in [0.1, 0.15) is 5.75 Å². The predicted octanol–water partition coefficient (Wildman–Crippen LogP) is 1.20. The number of rotatable bonds is 8. The second-order valence-corrected chi connectivity index (χ2v) is 5.64. The third-order valence-electron chi connectivity index (χ3n) is 2.75. The minimum atomic E-state index is -1.36. The number of carboxylic acid groups (broad SMARTS) is 1. The summed E-state index contributed by atoms with van der Waals surface area (Å²) in [5.41, 5.74) is 0.603. The Morgan fingerprint density at radius 2 is 2.00 bits per heavy atom. The molecule has 0 saturated heterocycles. The maximum absolute atomic E-state index is 11.3. The van der Waals surface area contributed by atoms with Gasteiger partial charge < -0.3 is 23.8 Å². The highest BCUT2D eigenvalue weighted by atomic mass is 32.2. The molecule has 2 aromatic rings. The van der Waals surface area contributed by atoms with E-state index >= 15 is 0 Å². The Hall–Kier alpha value is -2.81. The topological polar surface area (TPSA) is 115 Å². The van der Waals surface area contributed by atoms with Crippen molar-refractivity contribution in [3.05, 3.63) is 40.6 Å². The molecule has 0 radical (unpaired) electrons. The van der Waals surface area contributed by atoms with E-state index in [9.17, 15) is 14.7 Å². The van der Waals surface area contributed by atoms with E-state index < -0.39 is 11.9 Å². The summed E-state index contributed by atoms with van der Waals surface area (Å²) in [5, 5.41) is 18.7. The number of esters is 1.